The van der Waals surface area contributed by atoms with Gasteiger partial charge < -0.3 is 4.74 Å². The van der Waals surface area contributed by atoms with Gasteiger partial charge in [0, 0.05) is 6.42 Å². The van der Waals surface area contributed by atoms with Crippen LogP contribution in [0.1, 0.15) is 52.0 Å². The van der Waals surface area contributed by atoms with Gasteiger partial charge in [-0.3, -0.25) is 8.98 Å². The van der Waals surface area contributed by atoms with Gasteiger partial charge in [0.1, 0.15) is 5.60 Å². The molecule has 23 heavy (non-hydrogen) atoms. The first-order chi connectivity index (χ1) is 10.6. The zero-order valence-electron chi connectivity index (χ0n) is 14.3. The van der Waals surface area contributed by atoms with E-state index in [0.717, 1.165) is 5.56 Å². The third kappa shape index (κ3) is 8.13. The van der Waals surface area contributed by atoms with Crippen molar-refractivity contribution in [2.45, 2.75) is 63.9 Å². The van der Waals surface area contributed by atoms with Crippen molar-refractivity contribution in [3.8, 4) is 0 Å². The molecule has 0 spiro atoms. The van der Waals surface area contributed by atoms with E-state index < -0.39 is 15.7 Å². The average Bonchev–Trinajstić information content (AvgIpc) is 2.41. The van der Waals surface area contributed by atoms with E-state index in [9.17, 15) is 13.2 Å². The van der Waals surface area contributed by atoms with E-state index in [2.05, 4.69) is 0 Å². The molecule has 5 nitrogen and oxygen atoms in total. The van der Waals surface area contributed by atoms with Gasteiger partial charge >= 0.3 is 5.97 Å². The molecule has 0 bridgehead atoms. The molecule has 6 heteroatoms. The van der Waals surface area contributed by atoms with Gasteiger partial charge in [0.2, 0.25) is 0 Å². The van der Waals surface area contributed by atoms with Gasteiger partial charge in [-0.25, -0.2) is 0 Å². The summed E-state index contributed by atoms with van der Waals surface area (Å²) in [5.74, 6) is -0.231. The second-order valence-corrected chi connectivity index (χ2v) is 8.10. The fraction of sp³-hybridized carbons (Fsp3) is 0.588. The molecule has 1 aromatic rings. The topological polar surface area (TPSA) is 69.7 Å². The van der Waals surface area contributed by atoms with Gasteiger partial charge in [-0.05, 0) is 52.7 Å². The highest BCUT2D eigenvalue weighted by atomic mass is 32.2. The maximum absolute atomic E-state index is 11.9. The van der Waals surface area contributed by atoms with E-state index >= 15 is 0 Å². The summed E-state index contributed by atoms with van der Waals surface area (Å²) < 4.78 is 34.1. The van der Waals surface area contributed by atoms with Crippen molar-refractivity contribution in [3.05, 3.63) is 29.8 Å². The van der Waals surface area contributed by atoms with Crippen molar-refractivity contribution in [2.75, 3.05) is 6.61 Å². The lowest BCUT2D eigenvalue weighted by Gasteiger charge is -2.19. The van der Waals surface area contributed by atoms with Crippen molar-refractivity contribution < 1.29 is 22.1 Å². The Labute approximate surface area is 139 Å². The normalized spacial score (nSPS) is 12.2. The number of unbranched alkanes of at least 4 members (excludes halogenated alkanes) is 2. The number of rotatable bonds is 8. The van der Waals surface area contributed by atoms with Crippen molar-refractivity contribution in [3.63, 3.8) is 0 Å². The van der Waals surface area contributed by atoms with Gasteiger partial charge in [-0.15, -0.1) is 0 Å². The first-order valence-corrected chi connectivity index (χ1v) is 9.19. The Kier molecular flexibility index (Phi) is 7.22. The van der Waals surface area contributed by atoms with Crippen LogP contribution in [0.15, 0.2) is 29.2 Å². The molecule has 130 valence electrons. The van der Waals surface area contributed by atoms with E-state index in [1.54, 1.807) is 12.1 Å². The van der Waals surface area contributed by atoms with Gasteiger partial charge in [0.25, 0.3) is 10.1 Å². The number of carbonyl (C=O) groups excluding carboxylic acids is 1. The Balaban J connectivity index is 2.24. The molecule has 0 unspecified atom stereocenters. The lowest BCUT2D eigenvalue weighted by Crippen LogP contribution is -2.23. The third-order valence-electron chi connectivity index (χ3n) is 2.99. The Hall–Kier alpha value is -1.40. The number of ether oxygens (including phenoxy) is 1. The summed E-state index contributed by atoms with van der Waals surface area (Å²) in [6, 6.07) is 6.54. The van der Waals surface area contributed by atoms with Crippen molar-refractivity contribution in [2.24, 2.45) is 0 Å². The van der Waals surface area contributed by atoms with E-state index in [1.807, 2.05) is 27.7 Å². The lowest BCUT2D eigenvalue weighted by molar-refractivity contribution is -0.154. The molecule has 0 aliphatic carbocycles. The summed E-state index contributed by atoms with van der Waals surface area (Å²) >= 11 is 0. The minimum atomic E-state index is -3.70. The minimum Gasteiger partial charge on any atom is -0.460 e. The molecule has 0 atom stereocenters. The molecule has 0 N–H and O–H groups in total. The summed E-state index contributed by atoms with van der Waals surface area (Å²) in [4.78, 5) is 11.7. The van der Waals surface area contributed by atoms with Crippen LogP contribution < -0.4 is 0 Å². The molecule has 0 fully saturated rings. The van der Waals surface area contributed by atoms with Crippen LogP contribution in [-0.4, -0.2) is 26.6 Å². The fourth-order valence-corrected chi connectivity index (χ4v) is 2.83. The zero-order valence-corrected chi connectivity index (χ0v) is 15.1. The van der Waals surface area contributed by atoms with Crippen LogP contribution in [0.4, 0.5) is 0 Å². The SMILES string of the molecule is Cc1ccc(S(=O)(=O)OCCCCCC(=O)OC(C)(C)C)cc1. The molecule has 1 rings (SSSR count). The molecule has 0 heterocycles. The number of hydrogen-bond donors (Lipinski definition) is 0. The second kappa shape index (κ2) is 8.45. The first kappa shape index (κ1) is 19.6. The second-order valence-electron chi connectivity index (χ2n) is 6.49. The molecule has 0 aromatic heterocycles. The molecule has 0 aliphatic rings. The Morgan fingerprint density at radius 3 is 2.22 bits per heavy atom. The van der Waals surface area contributed by atoms with E-state index in [1.165, 1.54) is 12.1 Å². The minimum absolute atomic E-state index is 0.116. The van der Waals surface area contributed by atoms with Crippen LogP contribution in [-0.2, 0) is 23.8 Å². The highest BCUT2D eigenvalue weighted by Crippen LogP contribution is 2.14. The van der Waals surface area contributed by atoms with Crippen molar-refractivity contribution >= 4 is 16.1 Å². The van der Waals surface area contributed by atoms with Crippen molar-refractivity contribution in [1.29, 1.82) is 0 Å². The Morgan fingerprint density at radius 2 is 1.65 bits per heavy atom. The Morgan fingerprint density at radius 1 is 1.04 bits per heavy atom. The molecular weight excluding hydrogens is 316 g/mol. The van der Waals surface area contributed by atoms with E-state index in [4.69, 9.17) is 8.92 Å². The van der Waals surface area contributed by atoms with Crippen molar-refractivity contribution in [1.82, 2.24) is 0 Å². The summed E-state index contributed by atoms with van der Waals surface area (Å²) in [6.07, 6.45) is 2.28. The summed E-state index contributed by atoms with van der Waals surface area (Å²) in [5, 5.41) is 0. The third-order valence-corrected chi connectivity index (χ3v) is 4.32. The van der Waals surface area contributed by atoms with Gasteiger partial charge in [0.15, 0.2) is 0 Å². The molecule has 0 saturated heterocycles. The lowest BCUT2D eigenvalue weighted by atomic mass is 10.1. The molecule has 0 amide bonds. The smallest absolute Gasteiger partial charge is 0.306 e. The van der Waals surface area contributed by atoms with Gasteiger partial charge in [-0.1, -0.05) is 24.1 Å². The molecule has 0 radical (unpaired) electrons. The van der Waals surface area contributed by atoms with Crippen LogP contribution in [0.2, 0.25) is 0 Å². The summed E-state index contributed by atoms with van der Waals surface area (Å²) in [6.45, 7) is 7.49. The van der Waals surface area contributed by atoms with Gasteiger partial charge in [-0.2, -0.15) is 8.42 Å². The molecule has 1 aromatic carbocycles. The largest absolute Gasteiger partial charge is 0.460 e. The predicted octanol–water partition coefficient (Wildman–Crippen LogP) is 3.60. The van der Waals surface area contributed by atoms with Crippen LogP contribution >= 0.6 is 0 Å². The van der Waals surface area contributed by atoms with Crippen LogP contribution in [0.3, 0.4) is 0 Å². The predicted molar refractivity (Wildman–Crippen MR) is 88.6 cm³/mol. The first-order valence-electron chi connectivity index (χ1n) is 7.78. The number of carbonyl (C=O) groups is 1. The molecule has 0 aliphatic heterocycles. The standard InChI is InChI=1S/C17H26O5S/c1-14-9-11-15(12-10-14)23(19,20)21-13-7-5-6-8-16(18)22-17(2,3)4/h9-12H,5-8,13H2,1-4H3. The number of esters is 1. The summed E-state index contributed by atoms with van der Waals surface area (Å²) in [5.41, 5.74) is 0.522. The van der Waals surface area contributed by atoms with Crippen LogP contribution in [0.5, 0.6) is 0 Å². The number of benzene rings is 1. The van der Waals surface area contributed by atoms with Crippen LogP contribution in [0.25, 0.3) is 0 Å². The van der Waals surface area contributed by atoms with Crippen LogP contribution in [0, 0.1) is 6.92 Å². The van der Waals surface area contributed by atoms with Gasteiger partial charge in [0.05, 0.1) is 11.5 Å². The zero-order chi connectivity index (χ0) is 17.5. The monoisotopic (exact) mass is 342 g/mol. The highest BCUT2D eigenvalue weighted by Gasteiger charge is 2.16. The average molecular weight is 342 g/mol. The number of aryl methyl sites for hydroxylation is 1. The van der Waals surface area contributed by atoms with E-state index in [0.29, 0.717) is 25.7 Å². The summed E-state index contributed by atoms with van der Waals surface area (Å²) in [7, 11) is -3.70. The highest BCUT2D eigenvalue weighted by molar-refractivity contribution is 7.86. The van der Waals surface area contributed by atoms with E-state index in [-0.39, 0.29) is 17.5 Å². The Bertz CT molecular complexity index is 597. The fourth-order valence-electron chi connectivity index (χ4n) is 1.88. The maximum atomic E-state index is 11.9. The molecular formula is C17H26O5S. The maximum Gasteiger partial charge on any atom is 0.306 e. The number of hydrogen-bond acceptors (Lipinski definition) is 5. The quantitative estimate of drug-likeness (QED) is 0.410. The molecule has 0 saturated carbocycles.